The van der Waals surface area contributed by atoms with E-state index in [-0.39, 0.29) is 6.42 Å². The topological polar surface area (TPSA) is 49.3 Å². The summed E-state index contributed by atoms with van der Waals surface area (Å²) < 4.78 is 24.6. The Labute approximate surface area is 79.3 Å². The van der Waals surface area contributed by atoms with Crippen molar-refractivity contribution in [2.75, 3.05) is 0 Å². The summed E-state index contributed by atoms with van der Waals surface area (Å²) in [5, 5.41) is 8.51. The Morgan fingerprint density at radius 3 is 2.79 bits per heavy atom. The molecule has 0 spiro atoms. The van der Waals surface area contributed by atoms with E-state index in [1.165, 1.54) is 24.3 Å². The number of nitrogens with one attached hydrogen (secondary N) is 1. The fourth-order valence-electron chi connectivity index (χ4n) is 1.07. The van der Waals surface area contributed by atoms with Crippen LogP contribution in [0.1, 0.15) is 5.56 Å². The molecular formula is C9H9F2NO2. The number of benzene rings is 1. The fourth-order valence-corrected chi connectivity index (χ4v) is 1.07. The van der Waals surface area contributed by atoms with Crippen molar-refractivity contribution in [1.82, 2.24) is 5.54 Å². The molecule has 0 aliphatic carbocycles. The molecule has 0 aliphatic heterocycles. The second kappa shape index (κ2) is 4.66. The van der Waals surface area contributed by atoms with Crippen molar-refractivity contribution >= 4 is 5.97 Å². The Kier molecular flexibility index (Phi) is 3.53. The van der Waals surface area contributed by atoms with Gasteiger partial charge in [-0.3, -0.25) is 4.79 Å². The number of carboxylic acids is 1. The molecule has 0 aliphatic rings. The molecule has 0 radical (unpaired) electrons. The van der Waals surface area contributed by atoms with Gasteiger partial charge in [-0.15, -0.1) is 10.0 Å². The Morgan fingerprint density at radius 1 is 1.57 bits per heavy atom. The summed E-state index contributed by atoms with van der Waals surface area (Å²) in [4.78, 5) is 10.4. The molecular weight excluding hydrogens is 192 g/mol. The summed E-state index contributed by atoms with van der Waals surface area (Å²) in [6.07, 6.45) is -0.0937. The van der Waals surface area contributed by atoms with Crippen LogP contribution in [0.15, 0.2) is 24.3 Å². The standard InChI is InChI=1S/C9H9F2NO2/c10-7-3-1-2-6(4-7)5-8(12-11)9(13)14/h1-4,8,12H,5H2,(H,13,14)/t8-/m0/s1. The summed E-state index contributed by atoms with van der Waals surface area (Å²) in [6, 6.07) is 4.06. The van der Waals surface area contributed by atoms with E-state index in [9.17, 15) is 13.7 Å². The van der Waals surface area contributed by atoms with E-state index in [0.717, 1.165) is 5.54 Å². The maximum atomic E-state index is 12.7. The lowest BCUT2D eigenvalue weighted by Crippen LogP contribution is -2.33. The number of carboxylic acid groups (broad SMARTS) is 1. The Hall–Kier alpha value is -1.49. The predicted molar refractivity (Wildman–Crippen MR) is 45.8 cm³/mol. The molecule has 0 amide bonds. The number of carbonyl (C=O) groups is 1. The van der Waals surface area contributed by atoms with Crippen LogP contribution in [0.5, 0.6) is 0 Å². The molecule has 1 atom stereocenters. The number of rotatable bonds is 4. The molecule has 0 saturated heterocycles. The summed E-state index contributed by atoms with van der Waals surface area (Å²) in [5.41, 5.74) is 1.58. The smallest absolute Gasteiger partial charge is 0.323 e. The average Bonchev–Trinajstić information content (AvgIpc) is 2.14. The van der Waals surface area contributed by atoms with Crippen LogP contribution in [-0.2, 0) is 11.2 Å². The van der Waals surface area contributed by atoms with Crippen LogP contribution < -0.4 is 5.54 Å². The van der Waals surface area contributed by atoms with Crippen LogP contribution in [0.2, 0.25) is 0 Å². The third-order valence-electron chi connectivity index (χ3n) is 1.76. The van der Waals surface area contributed by atoms with Gasteiger partial charge in [0.05, 0.1) is 0 Å². The van der Waals surface area contributed by atoms with Gasteiger partial charge in [0, 0.05) is 6.42 Å². The molecule has 2 N–H and O–H groups in total. The van der Waals surface area contributed by atoms with Gasteiger partial charge < -0.3 is 5.11 Å². The van der Waals surface area contributed by atoms with Gasteiger partial charge in [-0.1, -0.05) is 12.1 Å². The maximum absolute atomic E-state index is 12.7. The van der Waals surface area contributed by atoms with Gasteiger partial charge in [0.1, 0.15) is 11.9 Å². The molecule has 14 heavy (non-hydrogen) atoms. The number of hydrogen-bond acceptors (Lipinski definition) is 2. The van der Waals surface area contributed by atoms with E-state index in [1.807, 2.05) is 0 Å². The summed E-state index contributed by atoms with van der Waals surface area (Å²) in [7, 11) is 0. The Morgan fingerprint density at radius 2 is 2.29 bits per heavy atom. The van der Waals surface area contributed by atoms with Crippen molar-refractivity contribution in [2.24, 2.45) is 0 Å². The van der Waals surface area contributed by atoms with Crippen molar-refractivity contribution in [2.45, 2.75) is 12.5 Å². The monoisotopic (exact) mass is 201 g/mol. The van der Waals surface area contributed by atoms with Gasteiger partial charge in [-0.2, -0.15) is 0 Å². The first-order valence-corrected chi connectivity index (χ1v) is 3.97. The van der Waals surface area contributed by atoms with Gasteiger partial charge in [0.25, 0.3) is 0 Å². The normalized spacial score (nSPS) is 12.4. The number of hydrogen-bond donors (Lipinski definition) is 2. The van der Waals surface area contributed by atoms with Gasteiger partial charge in [-0.05, 0) is 17.7 Å². The molecule has 1 aromatic carbocycles. The molecule has 76 valence electrons. The number of aliphatic carboxylic acids is 1. The molecule has 1 aromatic rings. The zero-order chi connectivity index (χ0) is 10.6. The van der Waals surface area contributed by atoms with E-state index >= 15 is 0 Å². The lowest BCUT2D eigenvalue weighted by molar-refractivity contribution is -0.140. The van der Waals surface area contributed by atoms with E-state index < -0.39 is 17.8 Å². The molecule has 0 aromatic heterocycles. The third kappa shape index (κ3) is 2.77. The summed E-state index contributed by atoms with van der Waals surface area (Å²) in [5.74, 6) is -1.78. The van der Waals surface area contributed by atoms with E-state index in [1.54, 1.807) is 0 Å². The largest absolute Gasteiger partial charge is 0.480 e. The van der Waals surface area contributed by atoms with Crippen molar-refractivity contribution in [3.63, 3.8) is 0 Å². The van der Waals surface area contributed by atoms with Gasteiger partial charge >= 0.3 is 5.97 Å². The fraction of sp³-hybridized carbons (Fsp3) is 0.222. The predicted octanol–water partition coefficient (Wildman–Crippen LogP) is 1.30. The first-order chi connectivity index (χ1) is 6.63. The zero-order valence-corrected chi connectivity index (χ0v) is 7.21. The molecule has 0 fully saturated rings. The van der Waals surface area contributed by atoms with Crippen LogP contribution >= 0.6 is 0 Å². The van der Waals surface area contributed by atoms with Gasteiger partial charge in [0.15, 0.2) is 0 Å². The minimum absolute atomic E-state index is 0.0937. The molecule has 0 unspecified atom stereocenters. The van der Waals surface area contributed by atoms with Crippen molar-refractivity contribution < 1.29 is 18.8 Å². The van der Waals surface area contributed by atoms with Crippen LogP contribution in [0.3, 0.4) is 0 Å². The van der Waals surface area contributed by atoms with E-state index in [2.05, 4.69) is 0 Å². The molecule has 0 saturated carbocycles. The highest BCUT2D eigenvalue weighted by molar-refractivity contribution is 5.73. The van der Waals surface area contributed by atoms with Crippen LogP contribution in [0, 0.1) is 5.82 Å². The summed E-state index contributed by atoms with van der Waals surface area (Å²) >= 11 is 0. The maximum Gasteiger partial charge on any atom is 0.323 e. The number of halogens is 2. The average molecular weight is 201 g/mol. The van der Waals surface area contributed by atoms with Crippen LogP contribution in [0.25, 0.3) is 0 Å². The lowest BCUT2D eigenvalue weighted by atomic mass is 10.1. The molecule has 0 bridgehead atoms. The second-order valence-corrected chi connectivity index (χ2v) is 2.83. The van der Waals surface area contributed by atoms with E-state index in [0.29, 0.717) is 5.56 Å². The zero-order valence-electron chi connectivity index (χ0n) is 7.21. The minimum atomic E-state index is -1.34. The van der Waals surface area contributed by atoms with Crippen molar-refractivity contribution in [3.8, 4) is 0 Å². The Balaban J connectivity index is 2.72. The molecule has 0 heterocycles. The Bertz CT molecular complexity index is 330. The molecule has 5 heteroatoms. The summed E-state index contributed by atoms with van der Waals surface area (Å²) in [6.45, 7) is 0. The lowest BCUT2D eigenvalue weighted by Gasteiger charge is -2.08. The first-order valence-electron chi connectivity index (χ1n) is 3.97. The third-order valence-corrected chi connectivity index (χ3v) is 1.76. The first kappa shape index (κ1) is 10.6. The highest BCUT2D eigenvalue weighted by Gasteiger charge is 2.17. The SMILES string of the molecule is O=C(O)[C@H](Cc1cccc(F)c1)NF. The van der Waals surface area contributed by atoms with Crippen molar-refractivity contribution in [3.05, 3.63) is 35.6 Å². The van der Waals surface area contributed by atoms with E-state index in [4.69, 9.17) is 5.11 Å². The highest BCUT2D eigenvalue weighted by Crippen LogP contribution is 2.06. The minimum Gasteiger partial charge on any atom is -0.480 e. The molecule has 1 rings (SSSR count). The van der Waals surface area contributed by atoms with Gasteiger partial charge in [0.2, 0.25) is 0 Å². The quantitative estimate of drug-likeness (QED) is 0.722. The van der Waals surface area contributed by atoms with Crippen LogP contribution in [-0.4, -0.2) is 17.1 Å². The molecule has 3 nitrogen and oxygen atoms in total. The van der Waals surface area contributed by atoms with Gasteiger partial charge in [-0.25, -0.2) is 4.39 Å². The second-order valence-electron chi connectivity index (χ2n) is 2.83. The van der Waals surface area contributed by atoms with Crippen molar-refractivity contribution in [1.29, 1.82) is 0 Å². The van der Waals surface area contributed by atoms with Crippen LogP contribution in [0.4, 0.5) is 8.87 Å². The highest BCUT2D eigenvalue weighted by atomic mass is 19.2.